The van der Waals surface area contributed by atoms with Crippen LogP contribution in [0.5, 0.6) is 0 Å². The molecule has 0 aromatic rings. The van der Waals surface area contributed by atoms with Gasteiger partial charge in [-0.2, -0.15) is 0 Å². The summed E-state index contributed by atoms with van der Waals surface area (Å²) >= 11 is 0. The predicted octanol–water partition coefficient (Wildman–Crippen LogP) is 7.64. The van der Waals surface area contributed by atoms with E-state index in [1.807, 2.05) is 0 Å². The van der Waals surface area contributed by atoms with Crippen molar-refractivity contribution in [2.75, 3.05) is 0 Å². The average Bonchev–Trinajstić information content (AvgIpc) is 2.84. The van der Waals surface area contributed by atoms with Crippen LogP contribution in [0, 0.1) is 52.8 Å². The monoisotopic (exact) mass is 428 g/mol. The Hall–Kier alpha value is -0.660. The topological polar surface area (TPSA) is 34.1 Å². The molecule has 31 heavy (non-hydrogen) atoms. The van der Waals surface area contributed by atoms with Gasteiger partial charge in [0.2, 0.25) is 0 Å². The first-order valence-corrected chi connectivity index (χ1v) is 13.9. The zero-order valence-corrected chi connectivity index (χ0v) is 20.4. The number of hydrogen-bond acceptors (Lipinski definition) is 2. The van der Waals surface area contributed by atoms with Gasteiger partial charge in [-0.05, 0) is 144 Å². The van der Waals surface area contributed by atoms with Crippen molar-refractivity contribution in [2.45, 2.75) is 117 Å². The molecule has 0 N–H and O–H groups in total. The lowest BCUT2D eigenvalue weighted by Gasteiger charge is -2.48. The summed E-state index contributed by atoms with van der Waals surface area (Å²) in [5, 5.41) is 0. The smallest absolute Gasteiger partial charge is 0.123 e. The van der Waals surface area contributed by atoms with E-state index >= 15 is 0 Å². The highest BCUT2D eigenvalue weighted by atomic mass is 16.1. The summed E-state index contributed by atoms with van der Waals surface area (Å²) in [5.74, 6) is 6.26. The second-order valence-electron chi connectivity index (χ2n) is 12.7. The first kappa shape index (κ1) is 23.5. The highest BCUT2D eigenvalue weighted by Crippen LogP contribution is 2.53. The van der Waals surface area contributed by atoms with Crippen molar-refractivity contribution in [1.82, 2.24) is 0 Å². The van der Waals surface area contributed by atoms with E-state index in [4.69, 9.17) is 0 Å². The third-order valence-corrected chi connectivity index (χ3v) is 11.0. The minimum absolute atomic E-state index is 0.363. The Morgan fingerprint density at radius 1 is 0.452 bits per heavy atom. The van der Waals surface area contributed by atoms with Crippen LogP contribution in [0.3, 0.4) is 0 Å². The van der Waals surface area contributed by atoms with Gasteiger partial charge in [0.25, 0.3) is 0 Å². The Morgan fingerprint density at radius 2 is 0.710 bits per heavy atom. The predicted molar refractivity (Wildman–Crippen MR) is 128 cm³/mol. The molecule has 4 aliphatic rings. The SMILES string of the molecule is CC(C)(C1CCC(C2CCC(C=O)CC2)CC1)C1CCC(C2CCC(C=O)CC2)CC1. The van der Waals surface area contributed by atoms with E-state index in [1.54, 1.807) is 0 Å². The van der Waals surface area contributed by atoms with E-state index in [2.05, 4.69) is 13.8 Å². The molecule has 0 amide bonds. The summed E-state index contributed by atoms with van der Waals surface area (Å²) < 4.78 is 0. The quantitative estimate of drug-likeness (QED) is 0.407. The van der Waals surface area contributed by atoms with Crippen LogP contribution in [0.4, 0.5) is 0 Å². The Labute approximate surface area is 191 Å². The third kappa shape index (κ3) is 5.47. The molecule has 0 radical (unpaired) electrons. The summed E-state index contributed by atoms with van der Waals surface area (Å²) in [6, 6.07) is 0. The van der Waals surface area contributed by atoms with Gasteiger partial charge >= 0.3 is 0 Å². The molecule has 0 aliphatic heterocycles. The van der Waals surface area contributed by atoms with Crippen LogP contribution in [0.15, 0.2) is 0 Å². The lowest BCUT2D eigenvalue weighted by molar-refractivity contribution is -0.113. The fourth-order valence-electron chi connectivity index (χ4n) is 8.51. The van der Waals surface area contributed by atoms with Gasteiger partial charge in [-0.1, -0.05) is 13.8 Å². The summed E-state index contributed by atoms with van der Waals surface area (Å²) in [4.78, 5) is 22.1. The van der Waals surface area contributed by atoms with Gasteiger partial charge in [0.1, 0.15) is 12.6 Å². The van der Waals surface area contributed by atoms with Crippen molar-refractivity contribution in [2.24, 2.45) is 52.8 Å². The molecule has 0 heterocycles. The summed E-state index contributed by atoms with van der Waals surface area (Å²) in [5.41, 5.74) is 0.500. The highest BCUT2D eigenvalue weighted by Gasteiger charge is 2.42. The summed E-state index contributed by atoms with van der Waals surface area (Å²) in [6.07, 6.45) is 23.8. The van der Waals surface area contributed by atoms with E-state index in [1.165, 1.54) is 89.6 Å². The molecule has 0 atom stereocenters. The number of carbonyl (C=O) groups is 2. The Kier molecular flexibility index (Phi) is 7.97. The zero-order chi connectivity index (χ0) is 21.8. The van der Waals surface area contributed by atoms with Crippen molar-refractivity contribution in [3.63, 3.8) is 0 Å². The van der Waals surface area contributed by atoms with Gasteiger partial charge in [0.15, 0.2) is 0 Å². The van der Waals surface area contributed by atoms with Crippen LogP contribution in [-0.4, -0.2) is 12.6 Å². The molecule has 0 spiro atoms. The maximum absolute atomic E-state index is 11.1. The lowest BCUT2D eigenvalue weighted by Crippen LogP contribution is -2.39. The fourth-order valence-corrected chi connectivity index (χ4v) is 8.51. The van der Waals surface area contributed by atoms with Gasteiger partial charge in [0, 0.05) is 11.8 Å². The minimum Gasteiger partial charge on any atom is -0.303 e. The molecule has 0 saturated heterocycles. The van der Waals surface area contributed by atoms with E-state index in [9.17, 15) is 9.59 Å². The van der Waals surface area contributed by atoms with Crippen LogP contribution in [-0.2, 0) is 9.59 Å². The van der Waals surface area contributed by atoms with E-state index < -0.39 is 0 Å². The third-order valence-electron chi connectivity index (χ3n) is 11.0. The van der Waals surface area contributed by atoms with Crippen molar-refractivity contribution < 1.29 is 9.59 Å². The molecule has 4 saturated carbocycles. The molecule has 0 aromatic heterocycles. The molecule has 2 heteroatoms. The number of hydrogen-bond donors (Lipinski definition) is 0. The fraction of sp³-hybridized carbons (Fsp3) is 0.931. The normalized spacial score (nSPS) is 42.6. The van der Waals surface area contributed by atoms with Crippen molar-refractivity contribution in [1.29, 1.82) is 0 Å². The Morgan fingerprint density at radius 3 is 0.968 bits per heavy atom. The van der Waals surface area contributed by atoms with Crippen molar-refractivity contribution in [3.05, 3.63) is 0 Å². The summed E-state index contributed by atoms with van der Waals surface area (Å²) in [7, 11) is 0. The molecule has 2 nitrogen and oxygen atoms in total. The van der Waals surface area contributed by atoms with Gasteiger partial charge in [-0.15, -0.1) is 0 Å². The molecule has 4 aliphatic carbocycles. The molecule has 4 rings (SSSR count). The second kappa shape index (κ2) is 10.5. The standard InChI is InChI=1S/C29H48O2/c1-29(2,27-15-11-25(12-16-27)23-7-3-21(19-30)4-8-23)28-17-13-26(14-18-28)24-9-5-22(20-31)6-10-24/h19-28H,3-18H2,1-2H3. The van der Waals surface area contributed by atoms with Crippen LogP contribution in [0.25, 0.3) is 0 Å². The Bertz CT molecular complexity index is 514. The van der Waals surface area contributed by atoms with Crippen LogP contribution >= 0.6 is 0 Å². The van der Waals surface area contributed by atoms with E-state index in [-0.39, 0.29) is 0 Å². The van der Waals surface area contributed by atoms with E-state index in [0.717, 1.165) is 61.2 Å². The molecular weight excluding hydrogens is 380 g/mol. The number of rotatable bonds is 6. The van der Waals surface area contributed by atoms with Gasteiger partial charge in [-0.3, -0.25) is 0 Å². The van der Waals surface area contributed by atoms with Crippen LogP contribution < -0.4 is 0 Å². The maximum Gasteiger partial charge on any atom is 0.123 e. The number of carbonyl (C=O) groups excluding carboxylic acids is 2. The average molecular weight is 429 g/mol. The first-order chi connectivity index (χ1) is 15.0. The largest absolute Gasteiger partial charge is 0.303 e. The molecule has 176 valence electrons. The highest BCUT2D eigenvalue weighted by molar-refractivity contribution is 5.53. The molecular formula is C29H48O2. The molecule has 0 unspecified atom stereocenters. The molecule has 0 aromatic carbocycles. The molecule has 4 fully saturated rings. The minimum atomic E-state index is 0.363. The lowest BCUT2D eigenvalue weighted by atomic mass is 9.57. The van der Waals surface area contributed by atoms with Gasteiger partial charge in [-0.25, -0.2) is 0 Å². The van der Waals surface area contributed by atoms with Crippen molar-refractivity contribution in [3.8, 4) is 0 Å². The second-order valence-corrected chi connectivity index (χ2v) is 12.7. The zero-order valence-electron chi connectivity index (χ0n) is 20.4. The van der Waals surface area contributed by atoms with Crippen LogP contribution in [0.2, 0.25) is 0 Å². The maximum atomic E-state index is 11.1. The Balaban J connectivity index is 1.22. The summed E-state index contributed by atoms with van der Waals surface area (Å²) in [6.45, 7) is 5.21. The number of aldehydes is 2. The van der Waals surface area contributed by atoms with E-state index in [0.29, 0.717) is 17.3 Å². The van der Waals surface area contributed by atoms with Crippen molar-refractivity contribution >= 4 is 12.6 Å². The van der Waals surface area contributed by atoms with Crippen LogP contribution in [0.1, 0.15) is 117 Å². The van der Waals surface area contributed by atoms with Gasteiger partial charge in [0.05, 0.1) is 0 Å². The van der Waals surface area contributed by atoms with Gasteiger partial charge < -0.3 is 9.59 Å². The first-order valence-electron chi connectivity index (χ1n) is 13.9. The molecule has 0 bridgehead atoms.